The molecule has 8 aliphatic rings. The number of benzene rings is 1. The Balaban J connectivity index is 1.00. The van der Waals surface area contributed by atoms with Gasteiger partial charge in [0.1, 0.15) is 48.6 Å². The number of piperidine rings is 4. The van der Waals surface area contributed by atoms with Crippen molar-refractivity contribution < 1.29 is 76.5 Å². The summed E-state index contributed by atoms with van der Waals surface area (Å²) in [6.07, 6.45) is 1.94. The zero-order chi connectivity index (χ0) is 66.8. The lowest BCUT2D eigenvalue weighted by atomic mass is 9.71. The summed E-state index contributed by atoms with van der Waals surface area (Å²) in [5.41, 5.74) is -12.5. The van der Waals surface area contributed by atoms with Crippen LogP contribution in [-0.2, 0) is 38.1 Å². The molecule has 494 valence electrons. The van der Waals surface area contributed by atoms with Crippen LogP contribution in [0, 0.1) is 0 Å². The van der Waals surface area contributed by atoms with Crippen molar-refractivity contribution >= 4 is 71.6 Å². The minimum atomic E-state index is -1.32. The van der Waals surface area contributed by atoms with Crippen molar-refractivity contribution in [1.29, 1.82) is 0 Å². The first-order chi connectivity index (χ1) is 41.2. The number of nitrogens with zero attached hydrogens (tertiary/aromatic N) is 4. The van der Waals surface area contributed by atoms with Gasteiger partial charge < -0.3 is 61.5 Å². The Bertz CT molecular complexity index is 2790. The number of esters is 4. The lowest BCUT2D eigenvalue weighted by Crippen LogP contribution is -2.68. The second-order valence-corrected chi connectivity index (χ2v) is 31.3. The molecule has 0 aliphatic carbocycles. The van der Waals surface area contributed by atoms with E-state index in [4.69, 9.17) is 18.9 Å². The van der Waals surface area contributed by atoms with Gasteiger partial charge in [-0.15, -0.1) is 0 Å². The fraction of sp³-hybridized carbons (Fsp3) is 0.710. The van der Waals surface area contributed by atoms with Crippen LogP contribution in [0.3, 0.4) is 0 Å². The average Bonchev–Trinajstić information content (AvgIpc) is 1.57. The third kappa shape index (κ3) is 13.2. The van der Waals surface area contributed by atoms with E-state index < -0.39 is 213 Å². The molecule has 0 aromatic heterocycles. The number of carbonyl (C=O) groups is 12. The van der Waals surface area contributed by atoms with Gasteiger partial charge in [-0.2, -0.15) is 0 Å². The third-order valence-corrected chi connectivity index (χ3v) is 17.9. The molecule has 4 spiro atoms. The molecular formula is C62H90N12O16. The number of imide groups is 4. The molecule has 0 radical (unpaired) electrons. The number of carbonyl (C=O) groups excluding carboxylic acids is 12. The summed E-state index contributed by atoms with van der Waals surface area (Å²) in [6.45, 7) is 26.2. The van der Waals surface area contributed by atoms with E-state index in [-0.39, 0.29) is 51.4 Å². The Kier molecular flexibility index (Phi) is 16.6. The third-order valence-electron chi connectivity index (χ3n) is 17.9. The predicted molar refractivity (Wildman–Crippen MR) is 322 cm³/mol. The summed E-state index contributed by atoms with van der Waals surface area (Å²) in [5, 5.41) is 25.4. The van der Waals surface area contributed by atoms with Gasteiger partial charge in [0.25, 0.3) is 23.6 Å². The largest absolute Gasteiger partial charge is 0.460 e. The smallest absolute Gasteiger partial charge is 0.339 e. The van der Waals surface area contributed by atoms with Crippen molar-refractivity contribution in [3.63, 3.8) is 0 Å². The molecule has 1 aromatic rings. The number of rotatable bonds is 16. The van der Waals surface area contributed by atoms with E-state index in [1.165, 1.54) is 0 Å². The highest BCUT2D eigenvalue weighted by Crippen LogP contribution is 2.44. The van der Waals surface area contributed by atoms with Crippen molar-refractivity contribution in [2.24, 2.45) is 0 Å². The zero-order valence-corrected chi connectivity index (χ0v) is 54.8. The fourth-order valence-electron chi connectivity index (χ4n) is 17.3. The maximum Gasteiger partial charge on any atom is 0.339 e. The highest BCUT2D eigenvalue weighted by Gasteiger charge is 2.62. The summed E-state index contributed by atoms with van der Waals surface area (Å²) in [5.74, 6) is -7.46. The molecule has 28 nitrogen and oxygen atoms in total. The quantitative estimate of drug-likeness (QED) is 0.0669. The first-order valence-electron chi connectivity index (χ1n) is 30.8. The second kappa shape index (κ2) is 22.2. The Morgan fingerprint density at radius 1 is 0.311 bits per heavy atom. The van der Waals surface area contributed by atoms with Crippen LogP contribution in [0.15, 0.2) is 12.1 Å². The highest BCUT2D eigenvalue weighted by molar-refractivity contribution is 6.12. The van der Waals surface area contributed by atoms with Crippen molar-refractivity contribution in [1.82, 2.24) is 62.1 Å². The van der Waals surface area contributed by atoms with E-state index >= 15 is 0 Å². The molecule has 0 saturated carbocycles. The normalized spacial score (nSPS) is 25.5. The maximum atomic E-state index is 14.6. The molecule has 8 N–H and O–H groups in total. The maximum absolute atomic E-state index is 14.6. The minimum Gasteiger partial charge on any atom is -0.460 e. The van der Waals surface area contributed by atoms with Crippen LogP contribution in [0.2, 0.25) is 0 Å². The minimum absolute atomic E-state index is 0.243. The fourth-order valence-corrected chi connectivity index (χ4v) is 17.3. The summed E-state index contributed by atoms with van der Waals surface area (Å²) < 4.78 is 22.7. The number of urea groups is 4. The Morgan fingerprint density at radius 3 is 0.622 bits per heavy atom. The van der Waals surface area contributed by atoms with E-state index in [0.29, 0.717) is 0 Å². The molecule has 28 heteroatoms. The lowest BCUT2D eigenvalue weighted by Gasteiger charge is -2.50. The first-order valence-corrected chi connectivity index (χ1v) is 30.8. The number of hydrogen-bond donors (Lipinski definition) is 8. The lowest BCUT2D eigenvalue weighted by molar-refractivity contribution is -0.135. The molecule has 90 heavy (non-hydrogen) atoms. The topological polar surface area (TPSA) is 351 Å². The molecule has 8 heterocycles. The van der Waals surface area contributed by atoms with Gasteiger partial charge in [-0.25, -0.2) is 38.4 Å². The van der Waals surface area contributed by atoms with Gasteiger partial charge in [0.2, 0.25) is 0 Å². The summed E-state index contributed by atoms with van der Waals surface area (Å²) >= 11 is 0. The number of hydrogen-bond acceptors (Lipinski definition) is 20. The molecule has 0 unspecified atom stereocenters. The first kappa shape index (κ1) is 67.1. The van der Waals surface area contributed by atoms with Gasteiger partial charge in [-0.3, -0.25) is 38.8 Å². The van der Waals surface area contributed by atoms with Gasteiger partial charge in [0.15, 0.2) is 0 Å². The number of ether oxygens (including phenoxy) is 4. The summed E-state index contributed by atoms with van der Waals surface area (Å²) in [7, 11) is 0. The Morgan fingerprint density at radius 2 is 0.467 bits per heavy atom. The van der Waals surface area contributed by atoms with Gasteiger partial charge in [0, 0.05) is 44.3 Å². The molecule has 8 fully saturated rings. The van der Waals surface area contributed by atoms with Crippen LogP contribution in [0.4, 0.5) is 19.2 Å². The van der Waals surface area contributed by atoms with Crippen LogP contribution in [-0.4, -0.2) is 210 Å². The number of nitrogens with one attached hydrogen (secondary N) is 8. The van der Waals surface area contributed by atoms with Crippen LogP contribution in [0.5, 0.6) is 0 Å². The Labute approximate surface area is 524 Å². The predicted octanol–water partition coefficient (Wildman–Crippen LogP) is 3.24. The van der Waals surface area contributed by atoms with Gasteiger partial charge in [0.05, 0.1) is 48.4 Å². The van der Waals surface area contributed by atoms with E-state index in [2.05, 4.69) is 42.5 Å². The monoisotopic (exact) mass is 1260 g/mol. The average molecular weight is 1260 g/mol. The molecular weight excluding hydrogens is 1170 g/mol. The molecule has 8 aliphatic heterocycles. The number of amides is 12. The van der Waals surface area contributed by atoms with Crippen LogP contribution in [0.25, 0.3) is 0 Å². The van der Waals surface area contributed by atoms with Gasteiger partial charge in [-0.1, -0.05) is 0 Å². The van der Waals surface area contributed by atoms with Crippen LogP contribution < -0.4 is 42.5 Å². The molecule has 12 amide bonds. The van der Waals surface area contributed by atoms with E-state index in [1.807, 2.05) is 111 Å². The standard InChI is InChI=1S/C62H90N12O16/c1-51(2)27-59(28-52(3,4)67-51)43(79)71(47(83)63-59)17-21-87-39(75)35-25-37(41(77)89-23-19-73-45(81)61(65-49(73)85)31-55(9,10)69-56(11,12)32-61)38(42(78)90-24-20-74-46(82)62(66-50(74)86)33-57(13,14)70-58(15,16)34-62)26-36(35)40(76)88-22-18-72-44(80)60(64-48(72)84)29-53(5,6)68-54(7,8)30-60/h25-26,67-70H,17-24,27-34H2,1-16H3,(H,63,83)(H,64,84)(H,65,85)(H,66,86). The van der Waals surface area contributed by atoms with Crippen molar-refractivity contribution in [3.05, 3.63) is 34.4 Å². The van der Waals surface area contributed by atoms with Crippen molar-refractivity contribution in [3.8, 4) is 0 Å². The Hall–Kier alpha value is -7.30. The summed E-state index contributed by atoms with van der Waals surface area (Å²) in [4.78, 5) is 173. The van der Waals surface area contributed by atoms with Gasteiger partial charge in [-0.05, 0) is 174 Å². The molecule has 0 atom stereocenters. The second-order valence-electron chi connectivity index (χ2n) is 31.3. The molecule has 9 rings (SSSR count). The van der Waals surface area contributed by atoms with Crippen molar-refractivity contribution in [2.45, 2.75) is 229 Å². The van der Waals surface area contributed by atoms with Crippen LogP contribution >= 0.6 is 0 Å². The molecule has 0 bridgehead atoms. The SMILES string of the molecule is CC1(C)CC2(CC(C)(C)N1)NC(=O)N(CCOC(=O)c1cc(C(=O)OCCN3C(=O)NC4(CC(C)(C)NC(C)(C)C4)C3=O)c(C(=O)OCCN3C(=O)NC4(CC(C)(C)NC(C)(C)C4)C3=O)cc1C(=O)OCCN1C(=O)NC3(CC(C)(C)NC(C)(C)C3)C1=O)C2=O. The zero-order valence-electron chi connectivity index (χ0n) is 54.8. The summed E-state index contributed by atoms with van der Waals surface area (Å²) in [6, 6.07) is -1.30. The van der Waals surface area contributed by atoms with Gasteiger partial charge >= 0.3 is 48.0 Å². The van der Waals surface area contributed by atoms with Crippen molar-refractivity contribution in [2.75, 3.05) is 52.6 Å². The van der Waals surface area contributed by atoms with E-state index in [1.54, 1.807) is 0 Å². The van der Waals surface area contributed by atoms with E-state index in [0.717, 1.165) is 31.7 Å². The van der Waals surface area contributed by atoms with E-state index in [9.17, 15) is 57.5 Å². The van der Waals surface area contributed by atoms with Crippen LogP contribution in [0.1, 0.15) is 204 Å². The molecule has 1 aromatic carbocycles. The molecule has 8 saturated heterocycles. The highest BCUT2D eigenvalue weighted by atomic mass is 16.5.